The molecular formula is C16H25N3O2. The van der Waals surface area contributed by atoms with Gasteiger partial charge in [-0.1, -0.05) is 12.1 Å². The summed E-state index contributed by atoms with van der Waals surface area (Å²) in [5, 5.41) is 3.58. The second kappa shape index (κ2) is 7.88. The summed E-state index contributed by atoms with van der Waals surface area (Å²) in [6.45, 7) is 2.60. The largest absolute Gasteiger partial charge is 0.491 e. The van der Waals surface area contributed by atoms with Gasteiger partial charge in [0, 0.05) is 6.04 Å². The molecule has 21 heavy (non-hydrogen) atoms. The molecule has 1 atom stereocenters. The second-order valence-electron chi connectivity index (χ2n) is 5.64. The minimum absolute atomic E-state index is 0.239. The van der Waals surface area contributed by atoms with E-state index in [9.17, 15) is 4.79 Å². The number of benzene rings is 1. The summed E-state index contributed by atoms with van der Waals surface area (Å²) in [4.78, 5) is 13.2. The van der Waals surface area contributed by atoms with Crippen LogP contribution in [0.25, 0.3) is 0 Å². The number of amides is 1. The molecule has 0 saturated carbocycles. The van der Waals surface area contributed by atoms with Crippen molar-refractivity contribution in [3.05, 3.63) is 24.3 Å². The molecule has 0 spiro atoms. The van der Waals surface area contributed by atoms with E-state index in [4.69, 9.17) is 10.5 Å². The Labute approximate surface area is 126 Å². The molecule has 0 bridgehead atoms. The number of likely N-dealkylation sites (tertiary alicyclic amines) is 1. The normalized spacial score (nSPS) is 19.8. The molecular weight excluding hydrogens is 266 g/mol. The van der Waals surface area contributed by atoms with Gasteiger partial charge in [-0.05, 0) is 51.5 Å². The van der Waals surface area contributed by atoms with Crippen molar-refractivity contribution in [3.8, 4) is 5.75 Å². The molecule has 5 nitrogen and oxygen atoms in total. The zero-order chi connectivity index (χ0) is 15.1. The maximum absolute atomic E-state index is 10.8. The van der Waals surface area contributed by atoms with E-state index in [1.807, 2.05) is 24.3 Å². The zero-order valence-corrected chi connectivity index (χ0v) is 12.7. The third-order valence-electron chi connectivity index (χ3n) is 3.80. The lowest BCUT2D eigenvalue weighted by molar-refractivity contribution is -0.118. The number of para-hydroxylation sites is 2. The summed E-state index contributed by atoms with van der Waals surface area (Å²) in [6, 6.07) is 8.34. The van der Waals surface area contributed by atoms with Crippen molar-refractivity contribution >= 4 is 11.6 Å². The second-order valence-corrected chi connectivity index (χ2v) is 5.64. The summed E-state index contributed by atoms with van der Waals surface area (Å²) < 4.78 is 5.67. The first-order valence-corrected chi connectivity index (χ1v) is 7.60. The number of nitrogens with zero attached hydrogens (tertiary/aromatic N) is 1. The molecule has 1 aromatic rings. The van der Waals surface area contributed by atoms with Crippen molar-refractivity contribution in [2.45, 2.75) is 31.7 Å². The van der Waals surface area contributed by atoms with Gasteiger partial charge in [0.05, 0.1) is 18.7 Å². The maximum Gasteiger partial charge on any atom is 0.220 e. The van der Waals surface area contributed by atoms with Gasteiger partial charge in [-0.2, -0.15) is 0 Å². The fourth-order valence-corrected chi connectivity index (χ4v) is 2.58. The van der Waals surface area contributed by atoms with Crippen LogP contribution < -0.4 is 15.8 Å². The molecule has 116 valence electrons. The topological polar surface area (TPSA) is 67.6 Å². The first-order valence-electron chi connectivity index (χ1n) is 7.60. The average molecular weight is 291 g/mol. The smallest absolute Gasteiger partial charge is 0.220 e. The molecule has 3 N–H and O–H groups in total. The third kappa shape index (κ3) is 5.27. The molecule has 0 aromatic heterocycles. The average Bonchev–Trinajstić information content (AvgIpc) is 2.65. The molecule has 1 unspecified atom stereocenters. The van der Waals surface area contributed by atoms with E-state index in [0.717, 1.165) is 30.9 Å². The highest BCUT2D eigenvalue weighted by Gasteiger charge is 2.16. The van der Waals surface area contributed by atoms with Crippen molar-refractivity contribution in [2.75, 3.05) is 32.1 Å². The van der Waals surface area contributed by atoms with Crippen molar-refractivity contribution in [3.63, 3.8) is 0 Å². The predicted molar refractivity (Wildman–Crippen MR) is 84.5 cm³/mol. The van der Waals surface area contributed by atoms with E-state index in [-0.39, 0.29) is 12.3 Å². The molecule has 1 saturated heterocycles. The summed E-state index contributed by atoms with van der Waals surface area (Å²) in [7, 11) is 2.17. The molecule has 1 amide bonds. The SMILES string of the molecule is CN1CCCC(Nc2ccccc2OCCC(N)=O)CC1. The highest BCUT2D eigenvalue weighted by atomic mass is 16.5. The number of hydrogen-bond acceptors (Lipinski definition) is 4. The Morgan fingerprint density at radius 3 is 3.00 bits per heavy atom. The van der Waals surface area contributed by atoms with Gasteiger partial charge in [0.1, 0.15) is 5.75 Å². The van der Waals surface area contributed by atoms with Crippen molar-refractivity contribution in [2.24, 2.45) is 5.73 Å². The number of anilines is 1. The maximum atomic E-state index is 10.8. The molecule has 5 heteroatoms. The van der Waals surface area contributed by atoms with Crippen LogP contribution in [0.4, 0.5) is 5.69 Å². The molecule has 0 aliphatic carbocycles. The first kappa shape index (κ1) is 15.6. The van der Waals surface area contributed by atoms with Gasteiger partial charge in [-0.3, -0.25) is 4.79 Å². The highest BCUT2D eigenvalue weighted by Crippen LogP contribution is 2.26. The number of nitrogens with two attached hydrogens (primary N) is 1. The Balaban J connectivity index is 1.94. The molecule has 2 rings (SSSR count). The van der Waals surface area contributed by atoms with Crippen LogP contribution in [0, 0.1) is 0 Å². The Bertz CT molecular complexity index is 465. The zero-order valence-electron chi connectivity index (χ0n) is 12.7. The van der Waals surface area contributed by atoms with E-state index in [2.05, 4.69) is 17.3 Å². The van der Waals surface area contributed by atoms with Crippen LogP contribution in [0.5, 0.6) is 5.75 Å². The van der Waals surface area contributed by atoms with Crippen LogP contribution in [0.3, 0.4) is 0 Å². The summed E-state index contributed by atoms with van der Waals surface area (Å²) in [5.41, 5.74) is 6.13. The van der Waals surface area contributed by atoms with Crippen LogP contribution in [-0.4, -0.2) is 43.6 Å². The minimum Gasteiger partial charge on any atom is -0.491 e. The monoisotopic (exact) mass is 291 g/mol. The van der Waals surface area contributed by atoms with Gasteiger partial charge >= 0.3 is 0 Å². The molecule has 0 radical (unpaired) electrons. The van der Waals surface area contributed by atoms with Crippen LogP contribution in [-0.2, 0) is 4.79 Å². The lowest BCUT2D eigenvalue weighted by Gasteiger charge is -2.20. The van der Waals surface area contributed by atoms with E-state index < -0.39 is 0 Å². The molecule has 1 aliphatic rings. The van der Waals surface area contributed by atoms with E-state index in [0.29, 0.717) is 12.6 Å². The third-order valence-corrected chi connectivity index (χ3v) is 3.80. The molecule has 1 aromatic carbocycles. The number of ether oxygens (including phenoxy) is 1. The quantitative estimate of drug-likeness (QED) is 0.839. The summed E-state index contributed by atoms with van der Waals surface area (Å²) >= 11 is 0. The summed E-state index contributed by atoms with van der Waals surface area (Å²) in [5.74, 6) is 0.448. The number of carbonyl (C=O) groups excluding carboxylic acids is 1. The standard InChI is InChI=1S/C16H25N3O2/c1-19-10-4-5-13(8-11-19)18-14-6-2-3-7-15(14)21-12-9-16(17)20/h2-3,6-7,13,18H,4-5,8-12H2,1H3,(H2,17,20). The molecule has 1 heterocycles. The fraction of sp³-hybridized carbons (Fsp3) is 0.562. The predicted octanol–water partition coefficient (Wildman–Crippen LogP) is 1.84. The van der Waals surface area contributed by atoms with Gasteiger partial charge in [0.25, 0.3) is 0 Å². The van der Waals surface area contributed by atoms with Gasteiger partial charge < -0.3 is 20.7 Å². The lowest BCUT2D eigenvalue weighted by Crippen LogP contribution is -2.23. The van der Waals surface area contributed by atoms with Gasteiger partial charge in [-0.15, -0.1) is 0 Å². The van der Waals surface area contributed by atoms with Crippen molar-refractivity contribution < 1.29 is 9.53 Å². The van der Waals surface area contributed by atoms with Gasteiger partial charge in [-0.25, -0.2) is 0 Å². The fourth-order valence-electron chi connectivity index (χ4n) is 2.58. The highest BCUT2D eigenvalue weighted by molar-refractivity contribution is 5.73. The Hall–Kier alpha value is -1.75. The number of nitrogens with one attached hydrogen (secondary N) is 1. The summed E-state index contributed by atoms with van der Waals surface area (Å²) in [6.07, 6.45) is 3.74. The first-order chi connectivity index (χ1) is 10.1. The molecule has 1 fully saturated rings. The Morgan fingerprint density at radius 2 is 2.19 bits per heavy atom. The van der Waals surface area contributed by atoms with Crippen LogP contribution in [0.15, 0.2) is 24.3 Å². The van der Waals surface area contributed by atoms with Crippen molar-refractivity contribution in [1.29, 1.82) is 0 Å². The number of primary amides is 1. The van der Waals surface area contributed by atoms with Crippen LogP contribution in [0.2, 0.25) is 0 Å². The Morgan fingerprint density at radius 1 is 1.38 bits per heavy atom. The number of hydrogen-bond donors (Lipinski definition) is 2. The van der Waals surface area contributed by atoms with E-state index >= 15 is 0 Å². The van der Waals surface area contributed by atoms with E-state index in [1.165, 1.54) is 12.8 Å². The van der Waals surface area contributed by atoms with Crippen LogP contribution >= 0.6 is 0 Å². The van der Waals surface area contributed by atoms with Gasteiger partial charge in [0.15, 0.2) is 0 Å². The van der Waals surface area contributed by atoms with E-state index in [1.54, 1.807) is 0 Å². The number of carbonyl (C=O) groups is 1. The van der Waals surface area contributed by atoms with Crippen molar-refractivity contribution in [1.82, 2.24) is 4.90 Å². The molecule has 1 aliphatic heterocycles. The van der Waals surface area contributed by atoms with Gasteiger partial charge in [0.2, 0.25) is 5.91 Å². The lowest BCUT2D eigenvalue weighted by atomic mass is 10.1. The van der Waals surface area contributed by atoms with Crippen LogP contribution in [0.1, 0.15) is 25.7 Å². The minimum atomic E-state index is -0.341. The number of rotatable bonds is 6. The Kier molecular flexibility index (Phi) is 5.87.